The van der Waals surface area contributed by atoms with E-state index in [1.54, 1.807) is 24.3 Å². The molecule has 0 fully saturated rings. The number of nitro groups is 1. The normalized spacial score (nSPS) is 10.6. The summed E-state index contributed by atoms with van der Waals surface area (Å²) in [4.78, 5) is 10.7. The summed E-state index contributed by atoms with van der Waals surface area (Å²) in [5.74, 6) is -0.266. The summed E-state index contributed by atoms with van der Waals surface area (Å²) in [5, 5.41) is 19.4. The van der Waals surface area contributed by atoms with Gasteiger partial charge in [0.05, 0.1) is 11.8 Å². The highest BCUT2D eigenvalue weighted by Gasteiger charge is 2.25. The van der Waals surface area contributed by atoms with Gasteiger partial charge in [0.25, 0.3) is 0 Å². The summed E-state index contributed by atoms with van der Waals surface area (Å²) in [5.41, 5.74) is 2.00. The van der Waals surface area contributed by atoms with Gasteiger partial charge in [-0.15, -0.1) is 0 Å². The van der Waals surface area contributed by atoms with Gasteiger partial charge in [0.2, 0.25) is 0 Å². The van der Waals surface area contributed by atoms with E-state index in [0.29, 0.717) is 22.8 Å². The fraction of sp³-hybridized carbons (Fsp3) is 0.0667. The van der Waals surface area contributed by atoms with Gasteiger partial charge in [-0.2, -0.15) is 0 Å². The molecule has 0 saturated heterocycles. The molecule has 110 valence electrons. The van der Waals surface area contributed by atoms with Crippen molar-refractivity contribution >= 4 is 17.4 Å². The summed E-state index contributed by atoms with van der Waals surface area (Å²) in [6, 6.07) is 16.4. The molecule has 1 aromatic heterocycles. The number of nitrogens with zero attached hydrogens (tertiary/aromatic N) is 4. The van der Waals surface area contributed by atoms with Crippen molar-refractivity contribution in [2.24, 2.45) is 0 Å². The fourth-order valence-electron chi connectivity index (χ4n) is 2.18. The van der Waals surface area contributed by atoms with Crippen LogP contribution in [-0.2, 0) is 6.54 Å². The standard InChI is InChI=1S/C15H11ClN4O2/c16-13-8-6-12(7-9-13)14-15(20(21)22)17-18-19(14)10-11-4-2-1-3-5-11/h1-9H,10H2. The van der Waals surface area contributed by atoms with Crippen LogP contribution in [0.1, 0.15) is 5.56 Å². The molecule has 0 aliphatic heterocycles. The summed E-state index contributed by atoms with van der Waals surface area (Å²) < 4.78 is 1.52. The summed E-state index contributed by atoms with van der Waals surface area (Å²) in [6.45, 7) is 0.402. The number of halogens is 1. The lowest BCUT2D eigenvalue weighted by molar-refractivity contribution is -0.388. The Labute approximate surface area is 131 Å². The van der Waals surface area contributed by atoms with E-state index in [4.69, 9.17) is 11.6 Å². The van der Waals surface area contributed by atoms with Crippen molar-refractivity contribution in [3.05, 3.63) is 75.3 Å². The van der Waals surface area contributed by atoms with E-state index in [0.717, 1.165) is 5.56 Å². The molecule has 0 N–H and O–H groups in total. The Hall–Kier alpha value is -2.73. The van der Waals surface area contributed by atoms with Crippen LogP contribution in [-0.4, -0.2) is 19.9 Å². The Morgan fingerprint density at radius 3 is 2.41 bits per heavy atom. The molecule has 0 atom stereocenters. The Balaban J connectivity index is 2.07. The van der Waals surface area contributed by atoms with Gasteiger partial charge in [0.15, 0.2) is 5.69 Å². The first-order valence-electron chi connectivity index (χ1n) is 6.53. The Bertz CT molecular complexity index is 800. The minimum absolute atomic E-state index is 0.266. The van der Waals surface area contributed by atoms with Crippen LogP contribution in [0.25, 0.3) is 11.3 Å². The molecule has 1 heterocycles. The smallest absolute Gasteiger partial charge is 0.358 e. The second-order valence-electron chi connectivity index (χ2n) is 4.67. The first-order chi connectivity index (χ1) is 10.6. The van der Waals surface area contributed by atoms with Crippen molar-refractivity contribution < 1.29 is 4.92 Å². The number of benzene rings is 2. The van der Waals surface area contributed by atoms with Crippen LogP contribution in [0.5, 0.6) is 0 Å². The molecule has 22 heavy (non-hydrogen) atoms. The van der Waals surface area contributed by atoms with Crippen molar-refractivity contribution in [2.75, 3.05) is 0 Å². The number of aromatic nitrogens is 3. The summed E-state index contributed by atoms with van der Waals surface area (Å²) in [6.07, 6.45) is 0. The molecule has 0 saturated carbocycles. The lowest BCUT2D eigenvalue weighted by Crippen LogP contribution is -2.04. The van der Waals surface area contributed by atoms with E-state index in [9.17, 15) is 10.1 Å². The molecule has 6 nitrogen and oxygen atoms in total. The maximum atomic E-state index is 11.2. The molecular weight excluding hydrogens is 304 g/mol. The molecule has 7 heteroatoms. The fourth-order valence-corrected chi connectivity index (χ4v) is 2.31. The van der Waals surface area contributed by atoms with Crippen molar-refractivity contribution in [3.8, 4) is 11.3 Å². The number of hydrogen-bond acceptors (Lipinski definition) is 4. The minimum Gasteiger partial charge on any atom is -0.358 e. The van der Waals surface area contributed by atoms with Gasteiger partial charge >= 0.3 is 5.82 Å². The number of rotatable bonds is 4. The third-order valence-corrected chi connectivity index (χ3v) is 3.44. The molecule has 0 radical (unpaired) electrons. The SMILES string of the molecule is O=[N+]([O-])c1nnn(Cc2ccccc2)c1-c1ccc(Cl)cc1. The Morgan fingerprint density at radius 1 is 1.09 bits per heavy atom. The third-order valence-electron chi connectivity index (χ3n) is 3.18. The van der Waals surface area contributed by atoms with Crippen molar-refractivity contribution in [3.63, 3.8) is 0 Å². The second kappa shape index (κ2) is 5.95. The van der Waals surface area contributed by atoms with Crippen molar-refractivity contribution in [1.82, 2.24) is 15.0 Å². The van der Waals surface area contributed by atoms with Crippen LogP contribution in [0.15, 0.2) is 54.6 Å². The monoisotopic (exact) mass is 314 g/mol. The topological polar surface area (TPSA) is 73.8 Å². The van der Waals surface area contributed by atoms with Crippen LogP contribution in [0, 0.1) is 10.1 Å². The molecule has 0 amide bonds. The van der Waals surface area contributed by atoms with Gasteiger partial charge in [-0.05, 0) is 22.6 Å². The predicted octanol–water partition coefficient (Wildman–Crippen LogP) is 3.56. The van der Waals surface area contributed by atoms with Gasteiger partial charge in [0.1, 0.15) is 5.10 Å². The van der Waals surface area contributed by atoms with Gasteiger partial charge < -0.3 is 10.1 Å². The third kappa shape index (κ3) is 2.82. The van der Waals surface area contributed by atoms with E-state index in [1.165, 1.54) is 4.68 Å². The first kappa shape index (κ1) is 14.2. The van der Waals surface area contributed by atoms with Gasteiger partial charge in [-0.25, -0.2) is 4.68 Å². The zero-order chi connectivity index (χ0) is 15.5. The molecule has 0 spiro atoms. The van der Waals surface area contributed by atoms with Gasteiger partial charge in [0, 0.05) is 10.6 Å². The summed E-state index contributed by atoms with van der Waals surface area (Å²) >= 11 is 5.87. The van der Waals surface area contributed by atoms with E-state index in [2.05, 4.69) is 10.3 Å². The van der Waals surface area contributed by atoms with Gasteiger partial charge in [-0.3, -0.25) is 0 Å². The van der Waals surface area contributed by atoms with E-state index in [1.807, 2.05) is 30.3 Å². The lowest BCUT2D eigenvalue weighted by Gasteiger charge is -2.05. The van der Waals surface area contributed by atoms with Crippen molar-refractivity contribution in [2.45, 2.75) is 6.54 Å². The Morgan fingerprint density at radius 2 is 1.77 bits per heavy atom. The highest BCUT2D eigenvalue weighted by molar-refractivity contribution is 6.30. The van der Waals surface area contributed by atoms with Crippen LogP contribution >= 0.6 is 11.6 Å². The molecule has 2 aromatic carbocycles. The average Bonchev–Trinajstić information content (AvgIpc) is 2.93. The van der Waals surface area contributed by atoms with E-state index in [-0.39, 0.29) is 5.82 Å². The second-order valence-corrected chi connectivity index (χ2v) is 5.11. The average molecular weight is 315 g/mol. The van der Waals surface area contributed by atoms with E-state index < -0.39 is 4.92 Å². The highest BCUT2D eigenvalue weighted by Crippen LogP contribution is 2.29. The molecule has 0 aliphatic rings. The predicted molar refractivity (Wildman–Crippen MR) is 82.7 cm³/mol. The molecule has 0 unspecified atom stereocenters. The largest absolute Gasteiger partial charge is 0.418 e. The zero-order valence-corrected chi connectivity index (χ0v) is 12.1. The Kier molecular flexibility index (Phi) is 3.84. The zero-order valence-electron chi connectivity index (χ0n) is 11.4. The van der Waals surface area contributed by atoms with Crippen molar-refractivity contribution in [1.29, 1.82) is 0 Å². The van der Waals surface area contributed by atoms with Crippen LogP contribution in [0.2, 0.25) is 5.02 Å². The highest BCUT2D eigenvalue weighted by atomic mass is 35.5. The molecule has 0 aliphatic carbocycles. The maximum Gasteiger partial charge on any atom is 0.418 e. The van der Waals surface area contributed by atoms with E-state index >= 15 is 0 Å². The molecular formula is C15H11ClN4O2. The quantitative estimate of drug-likeness (QED) is 0.545. The molecule has 3 rings (SSSR count). The molecule has 0 bridgehead atoms. The summed E-state index contributed by atoms with van der Waals surface area (Å²) in [7, 11) is 0. The van der Waals surface area contributed by atoms with Crippen LogP contribution in [0.3, 0.4) is 0 Å². The molecule has 3 aromatic rings. The minimum atomic E-state index is -0.529. The first-order valence-corrected chi connectivity index (χ1v) is 6.90. The van der Waals surface area contributed by atoms with Gasteiger partial charge in [-0.1, -0.05) is 54.1 Å². The lowest BCUT2D eigenvalue weighted by atomic mass is 10.1. The number of hydrogen-bond donors (Lipinski definition) is 0. The van der Waals surface area contributed by atoms with Crippen LogP contribution < -0.4 is 0 Å². The van der Waals surface area contributed by atoms with Crippen LogP contribution in [0.4, 0.5) is 5.82 Å². The maximum absolute atomic E-state index is 11.2.